The van der Waals surface area contributed by atoms with Crippen molar-refractivity contribution in [3.8, 4) is 5.75 Å². The maximum absolute atomic E-state index is 12.0. The molecule has 0 aliphatic carbocycles. The van der Waals surface area contributed by atoms with E-state index < -0.39 is 22.0 Å². The van der Waals surface area contributed by atoms with E-state index in [-0.39, 0.29) is 5.75 Å². The molecule has 0 unspecified atom stereocenters. The predicted molar refractivity (Wildman–Crippen MR) is 70.1 cm³/mol. The largest absolute Gasteiger partial charge is 0.406 e. The molecule has 3 nitrogen and oxygen atoms in total. The van der Waals surface area contributed by atoms with E-state index in [1.54, 1.807) is 12.1 Å². The molecule has 0 radical (unpaired) electrons. The lowest BCUT2D eigenvalue weighted by Gasteiger charge is -2.09. The summed E-state index contributed by atoms with van der Waals surface area (Å²) in [6, 6.07) is 6.06. The van der Waals surface area contributed by atoms with Gasteiger partial charge in [0.2, 0.25) is 0 Å². The maximum atomic E-state index is 12.0. The number of unbranched alkanes of at least 4 members (excludes halogenated alkanes) is 2. The van der Waals surface area contributed by atoms with E-state index in [9.17, 15) is 21.6 Å². The normalized spacial score (nSPS) is 12.4. The first kappa shape index (κ1) is 16.8. The van der Waals surface area contributed by atoms with Crippen molar-refractivity contribution >= 4 is 10.1 Å². The van der Waals surface area contributed by atoms with Crippen molar-refractivity contribution < 1.29 is 25.8 Å². The van der Waals surface area contributed by atoms with Crippen molar-refractivity contribution in [2.75, 3.05) is 5.75 Å². The fourth-order valence-corrected chi connectivity index (χ4v) is 2.53. The van der Waals surface area contributed by atoms with Gasteiger partial charge in [0.25, 0.3) is 0 Å². The fraction of sp³-hybridized carbons (Fsp3) is 0.538. The Bertz CT molecular complexity index is 507. The molecule has 20 heavy (non-hydrogen) atoms. The Morgan fingerprint density at radius 3 is 2.20 bits per heavy atom. The molecule has 7 heteroatoms. The van der Waals surface area contributed by atoms with Crippen molar-refractivity contribution in [1.82, 2.24) is 0 Å². The predicted octanol–water partition coefficient (Wildman–Crippen LogP) is 3.69. The van der Waals surface area contributed by atoms with Crippen LogP contribution in [0.15, 0.2) is 24.3 Å². The zero-order valence-electron chi connectivity index (χ0n) is 11.1. The first-order chi connectivity index (χ1) is 9.22. The lowest BCUT2D eigenvalue weighted by molar-refractivity contribution is -0.107. The van der Waals surface area contributed by atoms with Gasteiger partial charge in [0.1, 0.15) is 5.75 Å². The van der Waals surface area contributed by atoms with Crippen LogP contribution in [0, 0.1) is 0 Å². The third kappa shape index (κ3) is 6.79. The number of alkyl halides is 3. The molecule has 0 N–H and O–H groups in total. The van der Waals surface area contributed by atoms with E-state index in [4.69, 9.17) is 0 Å². The van der Waals surface area contributed by atoms with Gasteiger partial charge in [0, 0.05) is 0 Å². The summed E-state index contributed by atoms with van der Waals surface area (Å²) in [4.78, 5) is 0. The van der Waals surface area contributed by atoms with E-state index >= 15 is 0 Å². The lowest BCUT2D eigenvalue weighted by Crippen LogP contribution is -2.26. The van der Waals surface area contributed by atoms with Crippen molar-refractivity contribution in [3.63, 3.8) is 0 Å². The Labute approximate surface area is 116 Å². The van der Waals surface area contributed by atoms with Gasteiger partial charge in [0.15, 0.2) is 5.75 Å². The SMILES string of the molecule is CCCCCc1ccc(OS(=O)(=O)CC(F)(F)F)cc1. The topological polar surface area (TPSA) is 43.4 Å². The molecule has 0 saturated carbocycles. The van der Waals surface area contributed by atoms with E-state index in [2.05, 4.69) is 11.1 Å². The molecular formula is C13H17F3O3S. The fourth-order valence-electron chi connectivity index (χ4n) is 1.67. The van der Waals surface area contributed by atoms with Gasteiger partial charge in [-0.15, -0.1) is 0 Å². The molecule has 0 atom stereocenters. The Morgan fingerprint density at radius 1 is 1.10 bits per heavy atom. The molecule has 0 aromatic heterocycles. The van der Waals surface area contributed by atoms with E-state index in [0.29, 0.717) is 0 Å². The second kappa shape index (κ2) is 6.97. The molecule has 1 aromatic carbocycles. The average Bonchev–Trinajstić information content (AvgIpc) is 2.28. The van der Waals surface area contributed by atoms with Gasteiger partial charge in [-0.2, -0.15) is 21.6 Å². The van der Waals surface area contributed by atoms with Crippen molar-refractivity contribution in [3.05, 3.63) is 29.8 Å². The quantitative estimate of drug-likeness (QED) is 0.570. The van der Waals surface area contributed by atoms with Crippen molar-refractivity contribution in [2.45, 2.75) is 38.8 Å². The van der Waals surface area contributed by atoms with E-state index in [1.165, 1.54) is 12.1 Å². The van der Waals surface area contributed by atoms with Gasteiger partial charge in [-0.1, -0.05) is 31.9 Å². The standard InChI is InChI=1S/C13H17F3O3S/c1-2-3-4-5-11-6-8-12(9-7-11)19-20(17,18)10-13(14,15)16/h6-9H,2-5,10H2,1H3. The Balaban J connectivity index is 2.61. The van der Waals surface area contributed by atoms with E-state index in [0.717, 1.165) is 31.2 Å². The van der Waals surface area contributed by atoms with Gasteiger partial charge in [-0.25, -0.2) is 0 Å². The molecule has 114 valence electrons. The summed E-state index contributed by atoms with van der Waals surface area (Å²) in [7, 11) is -4.65. The number of benzene rings is 1. The van der Waals surface area contributed by atoms with Crippen LogP contribution in [0.2, 0.25) is 0 Å². The molecule has 0 bridgehead atoms. The van der Waals surface area contributed by atoms with Gasteiger partial charge in [-0.05, 0) is 30.5 Å². The van der Waals surface area contributed by atoms with Crippen LogP contribution >= 0.6 is 0 Å². The highest BCUT2D eigenvalue weighted by molar-refractivity contribution is 7.87. The van der Waals surface area contributed by atoms with Crippen LogP contribution in [0.25, 0.3) is 0 Å². The molecule has 0 heterocycles. The number of aryl methyl sites for hydroxylation is 1. The summed E-state index contributed by atoms with van der Waals surface area (Å²) >= 11 is 0. The van der Waals surface area contributed by atoms with Gasteiger partial charge < -0.3 is 4.18 Å². The smallest absolute Gasteiger partial charge is 0.382 e. The van der Waals surface area contributed by atoms with Gasteiger partial charge >= 0.3 is 16.3 Å². The lowest BCUT2D eigenvalue weighted by atomic mass is 10.1. The first-order valence-corrected chi connectivity index (χ1v) is 7.87. The Kier molecular flexibility index (Phi) is 5.86. The van der Waals surface area contributed by atoms with Crippen LogP contribution in [-0.4, -0.2) is 20.3 Å². The number of rotatable bonds is 7. The highest BCUT2D eigenvalue weighted by Gasteiger charge is 2.36. The van der Waals surface area contributed by atoms with Crippen LogP contribution in [0.4, 0.5) is 13.2 Å². The van der Waals surface area contributed by atoms with Crippen molar-refractivity contribution in [1.29, 1.82) is 0 Å². The van der Waals surface area contributed by atoms with Crippen LogP contribution in [-0.2, 0) is 16.5 Å². The summed E-state index contributed by atoms with van der Waals surface area (Å²) in [6.07, 6.45) is -0.749. The van der Waals surface area contributed by atoms with E-state index in [1.807, 2.05) is 0 Å². The minimum atomic E-state index is -4.81. The zero-order chi connectivity index (χ0) is 15.2. The molecule has 0 spiro atoms. The second-order valence-electron chi connectivity index (χ2n) is 4.50. The summed E-state index contributed by atoms with van der Waals surface area (Å²) in [6.45, 7) is 2.09. The highest BCUT2D eigenvalue weighted by atomic mass is 32.2. The minimum Gasteiger partial charge on any atom is -0.382 e. The van der Waals surface area contributed by atoms with Crippen molar-refractivity contribution in [2.24, 2.45) is 0 Å². The van der Waals surface area contributed by atoms with Gasteiger partial charge in [0.05, 0.1) is 0 Å². The molecule has 1 aromatic rings. The first-order valence-electron chi connectivity index (χ1n) is 6.30. The molecule has 1 rings (SSSR count). The summed E-state index contributed by atoms with van der Waals surface area (Å²) in [5, 5.41) is 0. The molecule has 0 amide bonds. The Hall–Kier alpha value is -1.24. The number of halogens is 3. The summed E-state index contributed by atoms with van der Waals surface area (Å²) < 4.78 is 62.8. The van der Waals surface area contributed by atoms with Crippen LogP contribution in [0.5, 0.6) is 5.75 Å². The van der Waals surface area contributed by atoms with Crippen LogP contribution in [0.3, 0.4) is 0 Å². The zero-order valence-corrected chi connectivity index (χ0v) is 11.9. The summed E-state index contributed by atoms with van der Waals surface area (Å²) in [5.74, 6) is -2.09. The third-order valence-electron chi connectivity index (χ3n) is 2.56. The maximum Gasteiger partial charge on any atom is 0.406 e. The molecular weight excluding hydrogens is 293 g/mol. The average molecular weight is 310 g/mol. The minimum absolute atomic E-state index is 0.103. The number of hydrogen-bond acceptors (Lipinski definition) is 3. The molecule has 0 fully saturated rings. The monoisotopic (exact) mass is 310 g/mol. The summed E-state index contributed by atoms with van der Waals surface area (Å²) in [5.41, 5.74) is 0.999. The van der Waals surface area contributed by atoms with Crippen LogP contribution < -0.4 is 4.18 Å². The van der Waals surface area contributed by atoms with Crippen LogP contribution in [0.1, 0.15) is 31.7 Å². The number of hydrogen-bond donors (Lipinski definition) is 0. The third-order valence-corrected chi connectivity index (χ3v) is 3.68. The molecule has 0 aliphatic heterocycles. The Morgan fingerprint density at radius 2 is 1.70 bits per heavy atom. The van der Waals surface area contributed by atoms with Gasteiger partial charge in [-0.3, -0.25) is 0 Å². The molecule has 0 saturated heterocycles. The molecule has 0 aliphatic rings. The second-order valence-corrected chi connectivity index (χ2v) is 6.07. The highest BCUT2D eigenvalue weighted by Crippen LogP contribution is 2.21.